The molecule has 0 bridgehead atoms. The van der Waals surface area contributed by atoms with Gasteiger partial charge in [-0.05, 0) is 41.5 Å². The lowest BCUT2D eigenvalue weighted by Gasteiger charge is -2.26. The SMILES string of the molecule is O=c1c(Cl)c(OCc2ccc(F)cc2F)ccn1Cc1ccc2[nH]cc(CN3CCNCC3)c2c1. The summed E-state index contributed by atoms with van der Waals surface area (Å²) >= 11 is 6.28. The molecule has 5 rings (SSSR count). The summed E-state index contributed by atoms with van der Waals surface area (Å²) in [5, 5.41) is 4.42. The van der Waals surface area contributed by atoms with E-state index in [1.165, 1.54) is 16.2 Å². The average molecular weight is 499 g/mol. The summed E-state index contributed by atoms with van der Waals surface area (Å²) in [6.07, 6.45) is 3.66. The van der Waals surface area contributed by atoms with Crippen LogP contribution in [0, 0.1) is 11.6 Å². The Labute approximate surface area is 206 Å². The van der Waals surface area contributed by atoms with Gasteiger partial charge in [-0.1, -0.05) is 17.7 Å². The van der Waals surface area contributed by atoms with E-state index in [4.69, 9.17) is 16.3 Å². The fraction of sp³-hybridized carbons (Fsp3) is 0.269. The Morgan fingerprint density at radius 3 is 2.63 bits per heavy atom. The minimum atomic E-state index is -0.717. The average Bonchev–Trinajstić information content (AvgIpc) is 3.25. The molecule has 2 aromatic heterocycles. The highest BCUT2D eigenvalue weighted by Crippen LogP contribution is 2.24. The number of pyridine rings is 1. The second kappa shape index (κ2) is 10.2. The molecule has 0 amide bonds. The molecule has 0 radical (unpaired) electrons. The van der Waals surface area contributed by atoms with Crippen LogP contribution in [0.5, 0.6) is 5.75 Å². The molecule has 1 saturated heterocycles. The van der Waals surface area contributed by atoms with Gasteiger partial charge in [0, 0.05) is 67.7 Å². The first-order chi connectivity index (χ1) is 17.0. The zero-order valence-corrected chi connectivity index (χ0v) is 19.7. The van der Waals surface area contributed by atoms with Gasteiger partial charge >= 0.3 is 0 Å². The number of nitrogens with zero attached hydrogens (tertiary/aromatic N) is 2. The minimum Gasteiger partial charge on any atom is -0.487 e. The fourth-order valence-electron chi connectivity index (χ4n) is 4.32. The number of fused-ring (bicyclic) bond motifs is 1. The predicted molar refractivity (Wildman–Crippen MR) is 132 cm³/mol. The predicted octanol–water partition coefficient (Wildman–Crippen LogP) is 4.29. The molecular weight excluding hydrogens is 474 g/mol. The number of hydrogen-bond donors (Lipinski definition) is 2. The van der Waals surface area contributed by atoms with Gasteiger partial charge in [-0.15, -0.1) is 0 Å². The molecule has 9 heteroatoms. The fourth-order valence-corrected chi connectivity index (χ4v) is 4.55. The highest BCUT2D eigenvalue weighted by molar-refractivity contribution is 6.31. The number of aromatic amines is 1. The molecule has 0 unspecified atom stereocenters. The number of H-pyrrole nitrogens is 1. The van der Waals surface area contributed by atoms with Crippen molar-refractivity contribution in [3.05, 3.63) is 98.6 Å². The summed E-state index contributed by atoms with van der Waals surface area (Å²) in [7, 11) is 0. The Morgan fingerprint density at radius 1 is 1.00 bits per heavy atom. The molecule has 0 aliphatic carbocycles. The van der Waals surface area contributed by atoms with Gasteiger partial charge in [0.1, 0.15) is 29.0 Å². The summed E-state index contributed by atoms with van der Waals surface area (Å²) < 4.78 is 34.0. The largest absolute Gasteiger partial charge is 0.487 e. The van der Waals surface area contributed by atoms with Crippen LogP contribution in [0.15, 0.2) is 59.7 Å². The van der Waals surface area contributed by atoms with E-state index in [9.17, 15) is 13.6 Å². The molecule has 0 spiro atoms. The van der Waals surface area contributed by atoms with E-state index in [0.717, 1.165) is 61.3 Å². The number of piperazine rings is 1. The van der Waals surface area contributed by atoms with Crippen molar-refractivity contribution in [1.82, 2.24) is 19.8 Å². The van der Waals surface area contributed by atoms with Gasteiger partial charge in [-0.25, -0.2) is 8.78 Å². The lowest BCUT2D eigenvalue weighted by Crippen LogP contribution is -2.42. The van der Waals surface area contributed by atoms with Gasteiger partial charge in [0.2, 0.25) is 0 Å². The Balaban J connectivity index is 1.32. The van der Waals surface area contributed by atoms with Crippen molar-refractivity contribution in [2.45, 2.75) is 19.7 Å². The van der Waals surface area contributed by atoms with Crippen LogP contribution in [0.4, 0.5) is 8.78 Å². The van der Waals surface area contributed by atoms with Gasteiger partial charge < -0.3 is 19.6 Å². The van der Waals surface area contributed by atoms with Gasteiger partial charge in [0.15, 0.2) is 0 Å². The third-order valence-electron chi connectivity index (χ3n) is 6.26. The first kappa shape index (κ1) is 23.5. The molecule has 6 nitrogen and oxygen atoms in total. The molecule has 1 aliphatic rings. The molecule has 35 heavy (non-hydrogen) atoms. The minimum absolute atomic E-state index is 0.0860. The monoisotopic (exact) mass is 498 g/mol. The molecule has 0 atom stereocenters. The van der Waals surface area contributed by atoms with Crippen LogP contribution in [0.25, 0.3) is 10.9 Å². The number of benzene rings is 2. The van der Waals surface area contributed by atoms with E-state index in [-0.39, 0.29) is 22.9 Å². The van der Waals surface area contributed by atoms with Gasteiger partial charge in [-0.3, -0.25) is 9.69 Å². The van der Waals surface area contributed by atoms with Gasteiger partial charge in [-0.2, -0.15) is 0 Å². The summed E-state index contributed by atoms with van der Waals surface area (Å²) in [4.78, 5) is 18.6. The summed E-state index contributed by atoms with van der Waals surface area (Å²) in [5.74, 6) is -1.23. The number of halogens is 3. The van der Waals surface area contributed by atoms with E-state index in [2.05, 4.69) is 27.5 Å². The Hall–Kier alpha value is -3.20. The maximum atomic E-state index is 13.9. The van der Waals surface area contributed by atoms with Gasteiger partial charge in [0.25, 0.3) is 5.56 Å². The zero-order chi connectivity index (χ0) is 24.4. The maximum absolute atomic E-state index is 13.9. The molecule has 0 saturated carbocycles. The molecule has 182 valence electrons. The van der Waals surface area contributed by atoms with Crippen LogP contribution < -0.4 is 15.6 Å². The quantitative estimate of drug-likeness (QED) is 0.399. The van der Waals surface area contributed by atoms with E-state index in [1.54, 1.807) is 12.3 Å². The lowest BCUT2D eigenvalue weighted by molar-refractivity contribution is 0.234. The molecule has 2 aromatic carbocycles. The number of ether oxygens (including phenoxy) is 1. The highest BCUT2D eigenvalue weighted by atomic mass is 35.5. The van der Waals surface area contributed by atoms with Crippen LogP contribution >= 0.6 is 11.6 Å². The van der Waals surface area contributed by atoms with Crippen molar-refractivity contribution < 1.29 is 13.5 Å². The molecule has 1 aliphatic heterocycles. The Kier molecular flexibility index (Phi) is 6.86. The summed E-state index contributed by atoms with van der Waals surface area (Å²) in [5.41, 5.74) is 3.02. The van der Waals surface area contributed by atoms with Crippen molar-refractivity contribution in [3.8, 4) is 5.75 Å². The van der Waals surface area contributed by atoms with E-state index in [1.807, 2.05) is 12.1 Å². The van der Waals surface area contributed by atoms with E-state index >= 15 is 0 Å². The molecular formula is C26H25ClF2N4O2. The summed E-state index contributed by atoms with van der Waals surface area (Å²) in [6, 6.07) is 10.9. The molecule has 3 heterocycles. The highest BCUT2D eigenvalue weighted by Gasteiger charge is 2.14. The van der Waals surface area contributed by atoms with Crippen molar-refractivity contribution >= 4 is 22.5 Å². The van der Waals surface area contributed by atoms with Crippen LogP contribution in [-0.4, -0.2) is 40.6 Å². The maximum Gasteiger partial charge on any atom is 0.273 e. The topological polar surface area (TPSA) is 62.3 Å². The summed E-state index contributed by atoms with van der Waals surface area (Å²) in [6.45, 7) is 5.07. The number of aromatic nitrogens is 2. The zero-order valence-electron chi connectivity index (χ0n) is 19.0. The van der Waals surface area contributed by atoms with Gasteiger partial charge in [0.05, 0.1) is 6.54 Å². The Morgan fingerprint density at radius 2 is 1.83 bits per heavy atom. The first-order valence-corrected chi connectivity index (χ1v) is 11.8. The lowest BCUT2D eigenvalue weighted by atomic mass is 10.1. The smallest absolute Gasteiger partial charge is 0.273 e. The van der Waals surface area contributed by atoms with Crippen molar-refractivity contribution in [2.24, 2.45) is 0 Å². The van der Waals surface area contributed by atoms with E-state index in [0.29, 0.717) is 6.54 Å². The molecule has 2 N–H and O–H groups in total. The number of hydrogen-bond acceptors (Lipinski definition) is 4. The second-order valence-electron chi connectivity index (χ2n) is 8.67. The van der Waals surface area contributed by atoms with Crippen LogP contribution in [-0.2, 0) is 19.7 Å². The van der Waals surface area contributed by atoms with Crippen LogP contribution in [0.1, 0.15) is 16.7 Å². The first-order valence-electron chi connectivity index (χ1n) is 11.5. The normalized spacial score (nSPS) is 14.5. The molecule has 1 fully saturated rings. The second-order valence-corrected chi connectivity index (χ2v) is 9.05. The third-order valence-corrected chi connectivity index (χ3v) is 6.61. The third kappa shape index (κ3) is 5.24. The van der Waals surface area contributed by atoms with Crippen molar-refractivity contribution in [2.75, 3.05) is 26.2 Å². The van der Waals surface area contributed by atoms with E-state index < -0.39 is 17.2 Å². The van der Waals surface area contributed by atoms with Crippen molar-refractivity contribution in [3.63, 3.8) is 0 Å². The Bertz CT molecular complexity index is 1410. The van der Waals surface area contributed by atoms with Crippen molar-refractivity contribution in [1.29, 1.82) is 0 Å². The van der Waals surface area contributed by atoms with Crippen LogP contribution in [0.2, 0.25) is 5.02 Å². The number of rotatable bonds is 7. The van der Waals surface area contributed by atoms with Crippen LogP contribution in [0.3, 0.4) is 0 Å². The standard InChI is InChI=1S/C26H25ClF2N4O2/c27-25-24(35-16-18-2-3-20(28)12-22(18)29)5-8-33(26(25)34)14-17-1-4-23-21(11-17)19(13-31-23)15-32-9-6-30-7-10-32/h1-5,8,11-13,30-31H,6-7,9-10,14-16H2. The molecule has 4 aromatic rings. The number of nitrogens with one attached hydrogen (secondary N) is 2.